The fourth-order valence-corrected chi connectivity index (χ4v) is 2.53. The molecule has 0 aliphatic heterocycles. The Morgan fingerprint density at radius 1 is 1.00 bits per heavy atom. The lowest BCUT2D eigenvalue weighted by atomic mass is 10.0. The number of rotatable bonds is 11. The van der Waals surface area contributed by atoms with E-state index in [1.54, 1.807) is 0 Å². The van der Waals surface area contributed by atoms with E-state index in [2.05, 4.69) is 45.0 Å². The van der Waals surface area contributed by atoms with E-state index in [1.165, 1.54) is 43.2 Å². The van der Waals surface area contributed by atoms with E-state index in [4.69, 9.17) is 10.5 Å². The molecule has 1 aromatic rings. The van der Waals surface area contributed by atoms with Crippen molar-refractivity contribution in [3.05, 3.63) is 35.4 Å². The van der Waals surface area contributed by atoms with Crippen molar-refractivity contribution < 1.29 is 4.74 Å². The van der Waals surface area contributed by atoms with Gasteiger partial charge in [0.25, 0.3) is 0 Å². The van der Waals surface area contributed by atoms with Crippen molar-refractivity contribution in [3.8, 4) is 0 Å². The second kappa shape index (κ2) is 10.8. The molecule has 0 spiro atoms. The molecule has 2 nitrogen and oxygen atoms in total. The average Bonchev–Trinajstić information content (AvgIpc) is 2.50. The van der Waals surface area contributed by atoms with Crippen LogP contribution in [0.1, 0.15) is 76.5 Å². The van der Waals surface area contributed by atoms with E-state index in [0.717, 1.165) is 12.8 Å². The Balaban J connectivity index is 2.27. The maximum atomic E-state index is 6.22. The first-order chi connectivity index (χ1) is 10.2. The fourth-order valence-electron chi connectivity index (χ4n) is 2.53. The molecule has 2 unspecified atom stereocenters. The van der Waals surface area contributed by atoms with Gasteiger partial charge in [-0.05, 0) is 30.9 Å². The highest BCUT2D eigenvalue weighted by Crippen LogP contribution is 2.15. The molecular weight excluding hydrogens is 258 g/mol. The number of ether oxygens (including phenoxy) is 1. The molecule has 1 aromatic carbocycles. The van der Waals surface area contributed by atoms with Crippen molar-refractivity contribution in [2.24, 2.45) is 5.73 Å². The predicted octanol–water partition coefficient (Wildman–Crippen LogP) is 5.01. The van der Waals surface area contributed by atoms with Crippen LogP contribution in [0.15, 0.2) is 24.3 Å². The molecule has 0 fully saturated rings. The molecule has 1 rings (SSSR count). The summed E-state index contributed by atoms with van der Waals surface area (Å²) >= 11 is 0. The second-order valence-corrected chi connectivity index (χ2v) is 6.09. The van der Waals surface area contributed by atoms with Crippen LogP contribution in [-0.4, -0.2) is 12.7 Å². The van der Waals surface area contributed by atoms with Crippen LogP contribution in [0.25, 0.3) is 0 Å². The highest BCUT2D eigenvalue weighted by Gasteiger charge is 2.09. The third-order valence-electron chi connectivity index (χ3n) is 3.97. The van der Waals surface area contributed by atoms with E-state index in [0.29, 0.717) is 12.7 Å². The third kappa shape index (κ3) is 7.63. The normalized spacial score (nSPS) is 14.1. The fraction of sp³-hybridized carbons (Fsp3) is 0.684. The van der Waals surface area contributed by atoms with Crippen molar-refractivity contribution in [2.45, 2.75) is 77.9 Å². The zero-order chi connectivity index (χ0) is 15.5. The van der Waals surface area contributed by atoms with Crippen molar-refractivity contribution >= 4 is 0 Å². The van der Waals surface area contributed by atoms with Gasteiger partial charge >= 0.3 is 0 Å². The summed E-state index contributed by atoms with van der Waals surface area (Å²) in [6.45, 7) is 7.21. The lowest BCUT2D eigenvalue weighted by molar-refractivity contribution is 0.0490. The minimum Gasteiger partial charge on any atom is -0.377 e. The lowest BCUT2D eigenvalue weighted by Crippen LogP contribution is -2.21. The average molecular weight is 291 g/mol. The Labute approximate surface area is 131 Å². The van der Waals surface area contributed by atoms with Crippen LogP contribution in [0.4, 0.5) is 0 Å². The van der Waals surface area contributed by atoms with Gasteiger partial charge in [-0.3, -0.25) is 0 Å². The minimum absolute atomic E-state index is 0.0150. The molecule has 21 heavy (non-hydrogen) atoms. The predicted molar refractivity (Wildman–Crippen MR) is 91.5 cm³/mol. The van der Waals surface area contributed by atoms with E-state index in [1.807, 2.05) is 0 Å². The maximum absolute atomic E-state index is 6.22. The van der Waals surface area contributed by atoms with Crippen molar-refractivity contribution in [1.82, 2.24) is 0 Å². The highest BCUT2D eigenvalue weighted by molar-refractivity contribution is 5.25. The van der Waals surface area contributed by atoms with E-state index >= 15 is 0 Å². The molecular formula is C19H33NO. The maximum Gasteiger partial charge on any atom is 0.0662 e. The summed E-state index contributed by atoms with van der Waals surface area (Å²) in [5.41, 5.74) is 8.78. The van der Waals surface area contributed by atoms with Gasteiger partial charge in [0.05, 0.1) is 18.8 Å². The number of hydrogen-bond acceptors (Lipinski definition) is 2. The molecule has 2 heteroatoms. The van der Waals surface area contributed by atoms with Crippen molar-refractivity contribution in [2.75, 3.05) is 6.61 Å². The van der Waals surface area contributed by atoms with Gasteiger partial charge in [0.2, 0.25) is 0 Å². The lowest BCUT2D eigenvalue weighted by Gasteiger charge is -2.17. The molecule has 0 aromatic heterocycles. The monoisotopic (exact) mass is 291 g/mol. The Bertz CT molecular complexity index is 360. The molecule has 0 saturated carbocycles. The molecule has 0 amide bonds. The third-order valence-corrected chi connectivity index (χ3v) is 3.97. The molecule has 0 bridgehead atoms. The van der Waals surface area contributed by atoms with Crippen LogP contribution in [0.5, 0.6) is 0 Å². The summed E-state index contributed by atoms with van der Waals surface area (Å²) in [6.07, 6.45) is 8.97. The smallest absolute Gasteiger partial charge is 0.0662 e. The number of unbranched alkanes of at least 4 members (excludes halogenated alkanes) is 3. The van der Waals surface area contributed by atoms with Gasteiger partial charge in [0.15, 0.2) is 0 Å². The van der Waals surface area contributed by atoms with Crippen molar-refractivity contribution in [3.63, 3.8) is 0 Å². The summed E-state index contributed by atoms with van der Waals surface area (Å²) < 4.78 is 5.89. The summed E-state index contributed by atoms with van der Waals surface area (Å²) in [7, 11) is 0. The van der Waals surface area contributed by atoms with Crippen LogP contribution in [0.3, 0.4) is 0 Å². The second-order valence-electron chi connectivity index (χ2n) is 6.09. The molecule has 0 aliphatic rings. The number of nitrogens with two attached hydrogens (primary N) is 1. The quantitative estimate of drug-likeness (QED) is 0.581. The number of benzene rings is 1. The minimum atomic E-state index is -0.0150. The summed E-state index contributed by atoms with van der Waals surface area (Å²) in [5, 5.41) is 0. The van der Waals surface area contributed by atoms with Crippen LogP contribution in [-0.2, 0) is 11.2 Å². The van der Waals surface area contributed by atoms with E-state index in [-0.39, 0.29) is 6.04 Å². The van der Waals surface area contributed by atoms with Gasteiger partial charge < -0.3 is 10.5 Å². The number of aryl methyl sites for hydroxylation is 1. The largest absolute Gasteiger partial charge is 0.377 e. The summed E-state index contributed by atoms with van der Waals surface area (Å²) in [6, 6.07) is 8.65. The Morgan fingerprint density at radius 3 is 2.33 bits per heavy atom. The van der Waals surface area contributed by atoms with Crippen LogP contribution in [0.2, 0.25) is 0 Å². The molecule has 0 heterocycles. The van der Waals surface area contributed by atoms with Gasteiger partial charge in [-0.25, -0.2) is 0 Å². The van der Waals surface area contributed by atoms with Crippen LogP contribution >= 0.6 is 0 Å². The Morgan fingerprint density at radius 2 is 1.71 bits per heavy atom. The van der Waals surface area contributed by atoms with Gasteiger partial charge in [-0.1, -0.05) is 70.2 Å². The molecule has 0 aliphatic carbocycles. The Kier molecular flexibility index (Phi) is 9.36. The summed E-state index contributed by atoms with van der Waals surface area (Å²) in [4.78, 5) is 0. The zero-order valence-electron chi connectivity index (χ0n) is 14.1. The molecule has 2 N–H and O–H groups in total. The van der Waals surface area contributed by atoms with Gasteiger partial charge in [0.1, 0.15) is 0 Å². The Hall–Kier alpha value is -0.860. The first kappa shape index (κ1) is 18.2. The molecule has 0 saturated heterocycles. The van der Waals surface area contributed by atoms with Gasteiger partial charge in [0, 0.05) is 0 Å². The van der Waals surface area contributed by atoms with E-state index in [9.17, 15) is 0 Å². The standard InChI is InChI=1S/C19H33NO/c1-4-6-7-8-10-16(3)21-15-19(20)18-13-11-17(9-5-2)12-14-18/h11-14,16,19H,4-10,15,20H2,1-3H3. The number of hydrogen-bond donors (Lipinski definition) is 1. The SMILES string of the molecule is CCCCCCC(C)OCC(N)c1ccc(CCC)cc1. The van der Waals surface area contributed by atoms with Crippen LogP contribution in [0, 0.1) is 0 Å². The first-order valence-electron chi connectivity index (χ1n) is 8.63. The topological polar surface area (TPSA) is 35.2 Å². The molecule has 0 radical (unpaired) electrons. The van der Waals surface area contributed by atoms with Crippen molar-refractivity contribution in [1.29, 1.82) is 0 Å². The van der Waals surface area contributed by atoms with Gasteiger partial charge in [-0.2, -0.15) is 0 Å². The zero-order valence-corrected chi connectivity index (χ0v) is 14.1. The highest BCUT2D eigenvalue weighted by atomic mass is 16.5. The first-order valence-corrected chi connectivity index (χ1v) is 8.63. The van der Waals surface area contributed by atoms with Crippen LogP contribution < -0.4 is 5.73 Å². The van der Waals surface area contributed by atoms with E-state index < -0.39 is 0 Å². The molecule has 2 atom stereocenters. The molecule has 120 valence electrons. The van der Waals surface area contributed by atoms with Gasteiger partial charge in [-0.15, -0.1) is 0 Å². The summed E-state index contributed by atoms with van der Waals surface area (Å²) in [5.74, 6) is 0.